The first kappa shape index (κ1) is 12.4. The van der Waals surface area contributed by atoms with E-state index in [0.717, 1.165) is 23.9 Å². The van der Waals surface area contributed by atoms with Crippen molar-refractivity contribution in [2.45, 2.75) is 13.8 Å². The molecule has 0 aliphatic heterocycles. The van der Waals surface area contributed by atoms with Crippen molar-refractivity contribution in [1.82, 2.24) is 35.1 Å². The van der Waals surface area contributed by atoms with Crippen LogP contribution in [0.2, 0.25) is 0 Å². The molecule has 0 saturated carbocycles. The third-order valence-corrected chi connectivity index (χ3v) is 3.10. The molecule has 0 aliphatic rings. The summed E-state index contributed by atoms with van der Waals surface area (Å²) in [5.74, 6) is 0.555. The van der Waals surface area contributed by atoms with E-state index in [0.29, 0.717) is 11.5 Å². The number of aliphatic imine (C=N–C) groups is 1. The molecular formula is C12H14N8. The monoisotopic (exact) mass is 270 g/mol. The predicted octanol–water partition coefficient (Wildman–Crippen LogP) is 1.07. The van der Waals surface area contributed by atoms with Crippen molar-refractivity contribution in [2.24, 2.45) is 4.99 Å². The van der Waals surface area contributed by atoms with Gasteiger partial charge in [0.1, 0.15) is 0 Å². The summed E-state index contributed by atoms with van der Waals surface area (Å²) in [4.78, 5) is 10.6. The van der Waals surface area contributed by atoms with Gasteiger partial charge < -0.3 is 4.90 Å². The molecule has 0 aromatic carbocycles. The lowest BCUT2D eigenvalue weighted by molar-refractivity contribution is 0.479. The van der Waals surface area contributed by atoms with Gasteiger partial charge in [-0.2, -0.15) is 0 Å². The number of pyridine rings is 1. The second kappa shape index (κ2) is 5.16. The fraction of sp³-hybridized carbons (Fsp3) is 0.333. The Kier molecular flexibility index (Phi) is 3.20. The van der Waals surface area contributed by atoms with Gasteiger partial charge in [0, 0.05) is 30.9 Å². The summed E-state index contributed by atoms with van der Waals surface area (Å²) in [6.45, 7) is 5.94. The summed E-state index contributed by atoms with van der Waals surface area (Å²) >= 11 is 0. The molecule has 0 saturated heterocycles. The molecule has 0 radical (unpaired) electrons. The van der Waals surface area contributed by atoms with E-state index < -0.39 is 0 Å². The van der Waals surface area contributed by atoms with Crippen molar-refractivity contribution in [2.75, 3.05) is 13.1 Å². The van der Waals surface area contributed by atoms with Crippen molar-refractivity contribution in [1.29, 1.82) is 0 Å². The van der Waals surface area contributed by atoms with E-state index in [1.165, 1.54) is 4.63 Å². The molecule has 0 aliphatic carbocycles. The van der Waals surface area contributed by atoms with Crippen LogP contribution in [0.15, 0.2) is 23.5 Å². The van der Waals surface area contributed by atoms with Crippen molar-refractivity contribution in [3.05, 3.63) is 18.5 Å². The highest BCUT2D eigenvalue weighted by Crippen LogP contribution is 2.24. The van der Waals surface area contributed by atoms with Crippen LogP contribution < -0.4 is 0 Å². The minimum absolute atomic E-state index is 0.555. The summed E-state index contributed by atoms with van der Waals surface area (Å²) in [5.41, 5.74) is 0.601. The first-order valence-corrected chi connectivity index (χ1v) is 6.43. The predicted molar refractivity (Wildman–Crippen MR) is 75.0 cm³/mol. The molecule has 0 atom stereocenters. The summed E-state index contributed by atoms with van der Waals surface area (Å²) in [6.07, 6.45) is 5.21. The first-order chi connectivity index (χ1) is 9.83. The number of fused-ring (bicyclic) bond motifs is 3. The zero-order chi connectivity index (χ0) is 13.9. The Balaban J connectivity index is 2.17. The van der Waals surface area contributed by atoms with Gasteiger partial charge in [-0.3, -0.25) is 4.98 Å². The quantitative estimate of drug-likeness (QED) is 0.521. The number of nitrogens with zero attached hydrogens (tertiary/aromatic N) is 8. The zero-order valence-corrected chi connectivity index (χ0v) is 11.3. The number of rotatable bonds is 4. The van der Waals surface area contributed by atoms with E-state index >= 15 is 0 Å². The van der Waals surface area contributed by atoms with E-state index in [-0.39, 0.29) is 0 Å². The van der Waals surface area contributed by atoms with Crippen molar-refractivity contribution < 1.29 is 0 Å². The lowest BCUT2D eigenvalue weighted by atomic mass is 10.2. The molecule has 0 unspecified atom stereocenters. The molecule has 3 rings (SSSR count). The summed E-state index contributed by atoms with van der Waals surface area (Å²) < 4.78 is 1.39. The topological polar surface area (TPSA) is 84.5 Å². The SMILES string of the molecule is CCN(C=Nc1nn2nnnc2c2ccncc12)CC. The lowest BCUT2D eigenvalue weighted by Crippen LogP contribution is -2.20. The molecule has 3 aromatic heterocycles. The summed E-state index contributed by atoms with van der Waals surface area (Å²) in [5, 5.41) is 17.5. The number of hydrogen-bond donors (Lipinski definition) is 0. The molecule has 20 heavy (non-hydrogen) atoms. The molecule has 0 bridgehead atoms. The van der Waals surface area contributed by atoms with Gasteiger partial charge in [0.15, 0.2) is 5.82 Å². The van der Waals surface area contributed by atoms with Gasteiger partial charge in [0.05, 0.1) is 11.7 Å². The third-order valence-electron chi connectivity index (χ3n) is 3.10. The molecule has 0 amide bonds. The van der Waals surface area contributed by atoms with Gasteiger partial charge in [0.25, 0.3) is 0 Å². The molecule has 8 nitrogen and oxygen atoms in total. The van der Waals surface area contributed by atoms with Crippen LogP contribution in [0.5, 0.6) is 0 Å². The van der Waals surface area contributed by atoms with Crippen LogP contribution in [-0.2, 0) is 0 Å². The molecule has 8 heteroatoms. The Morgan fingerprint density at radius 3 is 2.95 bits per heavy atom. The highest BCUT2D eigenvalue weighted by atomic mass is 15.6. The van der Waals surface area contributed by atoms with Crippen molar-refractivity contribution in [3.63, 3.8) is 0 Å². The maximum Gasteiger partial charge on any atom is 0.208 e. The van der Waals surface area contributed by atoms with Crippen LogP contribution in [0.3, 0.4) is 0 Å². The normalized spacial score (nSPS) is 11.7. The molecule has 0 N–H and O–H groups in total. The summed E-state index contributed by atoms with van der Waals surface area (Å²) in [6, 6.07) is 1.86. The van der Waals surface area contributed by atoms with E-state index in [9.17, 15) is 0 Å². The molecule has 3 aromatic rings. The van der Waals surface area contributed by atoms with Gasteiger partial charge >= 0.3 is 0 Å². The second-order valence-corrected chi connectivity index (χ2v) is 4.20. The molecular weight excluding hydrogens is 256 g/mol. The number of aromatic nitrogens is 6. The number of hydrogen-bond acceptors (Lipinski definition) is 6. The molecule has 3 heterocycles. The Morgan fingerprint density at radius 2 is 2.15 bits per heavy atom. The lowest BCUT2D eigenvalue weighted by Gasteiger charge is -2.13. The zero-order valence-electron chi connectivity index (χ0n) is 11.3. The van der Waals surface area contributed by atoms with Gasteiger partial charge in [-0.1, -0.05) is 0 Å². The molecule has 0 spiro atoms. The van der Waals surface area contributed by atoms with Gasteiger partial charge in [-0.15, -0.1) is 14.8 Å². The Bertz CT molecular complexity index is 758. The maximum absolute atomic E-state index is 4.44. The van der Waals surface area contributed by atoms with Crippen LogP contribution in [-0.4, -0.2) is 54.6 Å². The fourth-order valence-electron chi connectivity index (χ4n) is 1.94. The number of tetrazole rings is 1. The van der Waals surface area contributed by atoms with Gasteiger partial charge in [-0.25, -0.2) is 4.99 Å². The highest BCUT2D eigenvalue weighted by molar-refractivity contribution is 5.98. The van der Waals surface area contributed by atoms with E-state index in [1.54, 1.807) is 18.7 Å². The average Bonchev–Trinajstić information content (AvgIpc) is 2.96. The van der Waals surface area contributed by atoms with E-state index in [1.807, 2.05) is 6.07 Å². The van der Waals surface area contributed by atoms with Crippen LogP contribution in [0.1, 0.15) is 13.8 Å². The third kappa shape index (κ3) is 2.04. The molecule has 0 fully saturated rings. The second-order valence-electron chi connectivity index (χ2n) is 4.20. The van der Waals surface area contributed by atoms with Crippen LogP contribution in [0.25, 0.3) is 16.4 Å². The van der Waals surface area contributed by atoms with Crippen molar-refractivity contribution in [3.8, 4) is 0 Å². The van der Waals surface area contributed by atoms with Crippen molar-refractivity contribution >= 4 is 28.6 Å². The standard InChI is InChI=1S/C12H14N8/c1-3-19(4-2)8-14-11-10-7-13-6-5-9(10)12-15-17-18-20(12)16-11/h5-8H,3-4H2,1-2H3. The van der Waals surface area contributed by atoms with Crippen LogP contribution in [0, 0.1) is 0 Å². The minimum atomic E-state index is 0.555. The van der Waals surface area contributed by atoms with Crippen LogP contribution >= 0.6 is 0 Å². The summed E-state index contributed by atoms with van der Waals surface area (Å²) in [7, 11) is 0. The highest BCUT2D eigenvalue weighted by Gasteiger charge is 2.10. The van der Waals surface area contributed by atoms with Gasteiger partial charge in [0.2, 0.25) is 5.65 Å². The maximum atomic E-state index is 4.44. The van der Waals surface area contributed by atoms with Crippen LogP contribution in [0.4, 0.5) is 5.82 Å². The fourth-order valence-corrected chi connectivity index (χ4v) is 1.94. The largest absolute Gasteiger partial charge is 0.363 e. The van der Waals surface area contributed by atoms with E-state index in [2.05, 4.69) is 49.3 Å². The Morgan fingerprint density at radius 1 is 1.30 bits per heavy atom. The average molecular weight is 270 g/mol. The smallest absolute Gasteiger partial charge is 0.208 e. The van der Waals surface area contributed by atoms with E-state index in [4.69, 9.17) is 0 Å². The Hall–Kier alpha value is -2.64. The minimum Gasteiger partial charge on any atom is -0.363 e. The first-order valence-electron chi connectivity index (χ1n) is 6.43. The Labute approximate surface area is 115 Å². The van der Waals surface area contributed by atoms with Gasteiger partial charge in [-0.05, 0) is 30.3 Å². The molecule has 102 valence electrons.